The third-order valence-electron chi connectivity index (χ3n) is 8.90. The number of nitrogens with one attached hydrogen (secondary N) is 2. The number of halogens is 1. The smallest absolute Gasteiger partial charge is 0.270 e. The number of methoxy groups -OCH3 is 5. The molecule has 3 aliphatic rings. The van der Waals surface area contributed by atoms with Crippen LogP contribution in [0.4, 0.5) is 5.82 Å². The number of carbonyl (C=O) groups excluding carboxylic acids is 2. The van der Waals surface area contributed by atoms with Gasteiger partial charge in [0.1, 0.15) is 33.7 Å². The molecule has 2 aromatic carbocycles. The summed E-state index contributed by atoms with van der Waals surface area (Å²) < 4.78 is 36.0. The molecule has 3 atom stereocenters. The summed E-state index contributed by atoms with van der Waals surface area (Å²) in [6.07, 6.45) is 0.237. The highest BCUT2D eigenvalue weighted by Gasteiger charge is 2.64. The molecule has 0 bridgehead atoms. The lowest BCUT2D eigenvalue weighted by Crippen LogP contribution is -2.58. The van der Waals surface area contributed by atoms with Gasteiger partial charge in [0.15, 0.2) is 17.2 Å². The quantitative estimate of drug-likeness (QED) is 0.344. The number of anilines is 1. The molecule has 45 heavy (non-hydrogen) atoms. The molecular formula is C32H34ClN3O9. The van der Waals surface area contributed by atoms with Crippen molar-refractivity contribution >= 4 is 29.0 Å². The molecule has 238 valence electrons. The van der Waals surface area contributed by atoms with Gasteiger partial charge in [-0.05, 0) is 26.3 Å². The molecule has 0 saturated carbocycles. The molecule has 0 fully saturated rings. The van der Waals surface area contributed by atoms with Crippen LogP contribution >= 0.6 is 11.6 Å². The van der Waals surface area contributed by atoms with E-state index in [1.165, 1.54) is 41.6 Å². The normalized spacial score (nSPS) is 21.6. The number of H-pyrrole nitrogens is 1. The van der Waals surface area contributed by atoms with E-state index in [4.69, 9.17) is 40.0 Å². The Morgan fingerprint density at radius 1 is 0.889 bits per heavy atom. The fourth-order valence-electron chi connectivity index (χ4n) is 6.74. The molecule has 2 aliphatic heterocycles. The lowest BCUT2D eigenvalue weighted by atomic mass is 9.66. The van der Waals surface area contributed by atoms with E-state index in [1.54, 1.807) is 23.7 Å². The Kier molecular flexibility index (Phi) is 7.30. The molecule has 3 heterocycles. The van der Waals surface area contributed by atoms with Gasteiger partial charge in [0.05, 0.1) is 47.0 Å². The first-order chi connectivity index (χ1) is 21.5. The summed E-state index contributed by atoms with van der Waals surface area (Å²) in [6, 6.07) is 4.69. The molecule has 3 unspecified atom stereocenters. The van der Waals surface area contributed by atoms with Crippen molar-refractivity contribution in [3.63, 3.8) is 0 Å². The maximum absolute atomic E-state index is 15.1. The van der Waals surface area contributed by atoms with Gasteiger partial charge in [-0.25, -0.2) is 0 Å². The van der Waals surface area contributed by atoms with Gasteiger partial charge in [0.25, 0.3) is 5.56 Å². The van der Waals surface area contributed by atoms with Crippen molar-refractivity contribution in [2.45, 2.75) is 44.8 Å². The van der Waals surface area contributed by atoms with E-state index in [1.807, 2.05) is 13.8 Å². The fraction of sp³-hybridized carbons (Fsp3) is 0.406. The zero-order valence-corrected chi connectivity index (χ0v) is 26.9. The summed E-state index contributed by atoms with van der Waals surface area (Å²) in [5, 5.41) is 6.33. The lowest BCUT2D eigenvalue weighted by molar-refractivity contribution is -0.130. The number of Topliss-reactive ketones (excluding diaryl/α,β-unsaturated/α-hetero) is 2. The number of hydrogen-bond donors (Lipinski definition) is 2. The molecule has 13 heteroatoms. The maximum atomic E-state index is 15.1. The van der Waals surface area contributed by atoms with Crippen LogP contribution in [0.3, 0.4) is 0 Å². The minimum absolute atomic E-state index is 0.00984. The lowest BCUT2D eigenvalue weighted by Gasteiger charge is -2.42. The highest BCUT2D eigenvalue weighted by atomic mass is 35.5. The Morgan fingerprint density at radius 3 is 2.09 bits per heavy atom. The first kappa shape index (κ1) is 30.4. The van der Waals surface area contributed by atoms with E-state index in [2.05, 4.69) is 10.4 Å². The minimum atomic E-state index is -1.99. The van der Waals surface area contributed by atoms with Crippen molar-refractivity contribution in [2.24, 2.45) is 5.92 Å². The van der Waals surface area contributed by atoms with Crippen LogP contribution in [0, 0.1) is 5.92 Å². The second-order valence-corrected chi connectivity index (χ2v) is 11.8. The van der Waals surface area contributed by atoms with Crippen molar-refractivity contribution in [3.05, 3.63) is 61.5 Å². The van der Waals surface area contributed by atoms with Gasteiger partial charge >= 0.3 is 0 Å². The summed E-state index contributed by atoms with van der Waals surface area (Å²) in [7, 11) is 7.31. The number of aromatic nitrogens is 2. The molecule has 12 nitrogen and oxygen atoms in total. The Morgan fingerprint density at radius 2 is 1.49 bits per heavy atom. The molecule has 0 saturated heterocycles. The predicted octanol–water partition coefficient (Wildman–Crippen LogP) is 4.89. The molecule has 2 N–H and O–H groups in total. The summed E-state index contributed by atoms with van der Waals surface area (Å²) in [5.74, 6) is -0.765. The summed E-state index contributed by atoms with van der Waals surface area (Å²) in [5.41, 5.74) is -0.830. The Balaban J connectivity index is 1.63. The van der Waals surface area contributed by atoms with Crippen LogP contribution in [0.25, 0.3) is 0 Å². The fourth-order valence-corrected chi connectivity index (χ4v) is 7.01. The highest BCUT2D eigenvalue weighted by molar-refractivity contribution is 6.36. The van der Waals surface area contributed by atoms with Gasteiger partial charge in [-0.3, -0.25) is 24.2 Å². The van der Waals surface area contributed by atoms with Gasteiger partial charge in [-0.1, -0.05) is 18.5 Å². The van der Waals surface area contributed by atoms with E-state index in [0.717, 1.165) is 0 Å². The summed E-state index contributed by atoms with van der Waals surface area (Å²) >= 11 is 6.65. The average molecular weight is 640 g/mol. The zero-order valence-electron chi connectivity index (χ0n) is 26.2. The Bertz CT molecular complexity index is 1860. The van der Waals surface area contributed by atoms with Gasteiger partial charge < -0.3 is 33.7 Å². The van der Waals surface area contributed by atoms with Crippen molar-refractivity contribution in [2.75, 3.05) is 40.9 Å². The number of hydrogen-bond acceptors (Lipinski definition) is 10. The van der Waals surface area contributed by atoms with E-state index >= 15 is 4.79 Å². The first-order valence-corrected chi connectivity index (χ1v) is 14.7. The second-order valence-electron chi connectivity index (χ2n) is 11.5. The number of aromatic amines is 1. The standard InChI is InChI=1S/C32H34ClN3O9/c1-13(2)36-30-25(31(39)35-36)22(15-10-18(41-5)19(42-6)11-17(15)40-4)23-16(34-30)9-14(3)32(28(23)37)29(38)24-20(43-7)12-21(44-8)26(33)27(24)45-32/h10-14,22,34H,9H2,1-8H3,(H,35,39). The number of nitrogens with zero attached hydrogens (tertiary/aromatic N) is 1. The number of benzene rings is 2. The van der Waals surface area contributed by atoms with Crippen molar-refractivity contribution in [3.8, 4) is 34.5 Å². The Labute approximate surface area is 264 Å². The third-order valence-corrected chi connectivity index (χ3v) is 9.26. The molecule has 1 spiro atoms. The Hall–Kier alpha value is -4.58. The maximum Gasteiger partial charge on any atom is 0.270 e. The molecule has 1 aromatic heterocycles. The molecule has 0 radical (unpaired) electrons. The van der Waals surface area contributed by atoms with Gasteiger partial charge in [-0.2, -0.15) is 0 Å². The number of carbonyl (C=O) groups is 2. The van der Waals surface area contributed by atoms with Crippen LogP contribution in [0.15, 0.2) is 34.3 Å². The SMILES string of the molecule is COc1cc(OC)c(C2C3=C(CC(C)C4(Oc5c(Cl)c(OC)cc(OC)c5C4=O)C3=O)Nc3c2c(=O)[nH]n3C(C)C)cc1OC. The van der Waals surface area contributed by atoms with E-state index in [9.17, 15) is 9.59 Å². The number of ether oxygens (including phenoxy) is 6. The number of rotatable bonds is 7. The van der Waals surface area contributed by atoms with E-state index in [-0.39, 0.29) is 51.4 Å². The number of ketones is 2. The number of fused-ring (bicyclic) bond motifs is 2. The van der Waals surface area contributed by atoms with Crippen molar-refractivity contribution in [1.29, 1.82) is 0 Å². The van der Waals surface area contributed by atoms with Crippen molar-refractivity contribution < 1.29 is 38.0 Å². The van der Waals surface area contributed by atoms with Crippen LogP contribution in [-0.4, -0.2) is 62.5 Å². The summed E-state index contributed by atoms with van der Waals surface area (Å²) in [6.45, 7) is 5.65. The molecule has 3 aromatic rings. The predicted molar refractivity (Wildman–Crippen MR) is 165 cm³/mol. The second kappa shape index (κ2) is 10.8. The van der Waals surface area contributed by atoms with Crippen LogP contribution in [0.2, 0.25) is 5.02 Å². The van der Waals surface area contributed by atoms with Gasteiger partial charge in [0, 0.05) is 40.9 Å². The van der Waals surface area contributed by atoms with Crippen LogP contribution in [0.5, 0.6) is 34.5 Å². The molecule has 6 rings (SSSR count). The largest absolute Gasteiger partial charge is 0.496 e. The van der Waals surface area contributed by atoms with Crippen LogP contribution in [0.1, 0.15) is 60.6 Å². The monoisotopic (exact) mass is 639 g/mol. The van der Waals surface area contributed by atoms with Crippen LogP contribution in [-0.2, 0) is 4.79 Å². The van der Waals surface area contributed by atoms with Gasteiger partial charge in [0.2, 0.25) is 17.2 Å². The van der Waals surface area contributed by atoms with E-state index < -0.39 is 34.6 Å². The molecular weight excluding hydrogens is 606 g/mol. The van der Waals surface area contributed by atoms with Crippen molar-refractivity contribution in [1.82, 2.24) is 9.78 Å². The number of allylic oxidation sites excluding steroid dienone is 1. The van der Waals surface area contributed by atoms with Crippen LogP contribution < -0.4 is 39.3 Å². The highest BCUT2D eigenvalue weighted by Crippen LogP contribution is 2.57. The summed E-state index contributed by atoms with van der Waals surface area (Å²) in [4.78, 5) is 43.3. The first-order valence-electron chi connectivity index (χ1n) is 14.4. The third kappa shape index (κ3) is 4.07. The molecule has 0 amide bonds. The van der Waals surface area contributed by atoms with Gasteiger partial charge in [-0.15, -0.1) is 0 Å². The zero-order chi connectivity index (χ0) is 32.5. The minimum Gasteiger partial charge on any atom is -0.496 e. The molecule has 1 aliphatic carbocycles. The topological polar surface area (TPSA) is 139 Å². The van der Waals surface area contributed by atoms with E-state index in [0.29, 0.717) is 34.3 Å². The average Bonchev–Trinajstić information content (AvgIpc) is 3.53.